The van der Waals surface area contributed by atoms with Crippen molar-refractivity contribution in [3.05, 3.63) is 71.8 Å². The lowest BCUT2D eigenvalue weighted by atomic mass is 10.1. The molecule has 0 N–H and O–H groups in total. The van der Waals surface area contributed by atoms with E-state index in [-0.39, 0.29) is 12.2 Å². The van der Waals surface area contributed by atoms with E-state index >= 15 is 0 Å². The van der Waals surface area contributed by atoms with Gasteiger partial charge in [0.15, 0.2) is 0 Å². The molecule has 0 amide bonds. The maximum Gasteiger partial charge on any atom is 0.338 e. The Morgan fingerprint density at radius 2 is 1.00 bits per heavy atom. The number of hydrogen-bond donors (Lipinski definition) is 0. The third-order valence-electron chi connectivity index (χ3n) is 4.88. The van der Waals surface area contributed by atoms with E-state index in [1.807, 2.05) is 0 Å². The lowest BCUT2D eigenvalue weighted by Crippen LogP contribution is -2.43. The molecule has 2 aromatic rings. The standard InChI is InChI=1S/C22H32O2Si/c1-5-21(19-15-11-9-12-16-19)23-25(7-3,8-4)24-22(6-2)20-17-13-10-14-18-20/h9-18,21-22H,5-8H2,1-4H3. The molecule has 2 rings (SSSR count). The predicted molar refractivity (Wildman–Crippen MR) is 108 cm³/mol. The van der Waals surface area contributed by atoms with Gasteiger partial charge < -0.3 is 8.85 Å². The largest absolute Gasteiger partial charge is 0.387 e. The van der Waals surface area contributed by atoms with E-state index in [4.69, 9.17) is 8.85 Å². The Labute approximate surface area is 154 Å². The molecule has 2 nitrogen and oxygen atoms in total. The van der Waals surface area contributed by atoms with Crippen LogP contribution < -0.4 is 0 Å². The Hall–Kier alpha value is -1.42. The van der Waals surface area contributed by atoms with Crippen LogP contribution in [-0.2, 0) is 8.85 Å². The molecule has 2 unspecified atom stereocenters. The van der Waals surface area contributed by atoms with Gasteiger partial charge in [0.2, 0.25) is 0 Å². The van der Waals surface area contributed by atoms with E-state index in [9.17, 15) is 0 Å². The second-order valence-corrected chi connectivity index (χ2v) is 10.2. The molecule has 3 heteroatoms. The lowest BCUT2D eigenvalue weighted by molar-refractivity contribution is 0.0730. The third kappa shape index (κ3) is 5.27. The van der Waals surface area contributed by atoms with Gasteiger partial charge in [0.25, 0.3) is 0 Å². The molecule has 0 fully saturated rings. The molecule has 2 aromatic carbocycles. The predicted octanol–water partition coefficient (Wildman–Crippen LogP) is 6.80. The molecule has 0 aliphatic carbocycles. The fraction of sp³-hybridized carbons (Fsp3) is 0.455. The average molecular weight is 357 g/mol. The summed E-state index contributed by atoms with van der Waals surface area (Å²) in [6.07, 6.45) is 2.15. The molecule has 0 aromatic heterocycles. The smallest absolute Gasteiger partial charge is 0.338 e. The van der Waals surface area contributed by atoms with Crippen molar-refractivity contribution in [1.82, 2.24) is 0 Å². The highest BCUT2D eigenvalue weighted by molar-refractivity contribution is 6.67. The highest BCUT2D eigenvalue weighted by atomic mass is 28.4. The maximum absolute atomic E-state index is 6.74. The Morgan fingerprint density at radius 3 is 1.28 bits per heavy atom. The summed E-state index contributed by atoms with van der Waals surface area (Å²) < 4.78 is 13.5. The minimum atomic E-state index is -2.28. The van der Waals surface area contributed by atoms with Crippen LogP contribution in [-0.4, -0.2) is 8.56 Å². The van der Waals surface area contributed by atoms with Gasteiger partial charge in [-0.2, -0.15) is 0 Å². The molecule has 0 spiro atoms. The monoisotopic (exact) mass is 356 g/mol. The first-order valence-electron chi connectivity index (χ1n) is 9.63. The molecule has 0 aliphatic heterocycles. The zero-order valence-electron chi connectivity index (χ0n) is 16.1. The first-order valence-corrected chi connectivity index (χ1v) is 11.9. The number of benzene rings is 2. The maximum atomic E-state index is 6.74. The topological polar surface area (TPSA) is 18.5 Å². The Balaban J connectivity index is 2.21. The van der Waals surface area contributed by atoms with Gasteiger partial charge in [-0.3, -0.25) is 0 Å². The van der Waals surface area contributed by atoms with Crippen molar-refractivity contribution in [1.29, 1.82) is 0 Å². The average Bonchev–Trinajstić information content (AvgIpc) is 2.70. The molecular formula is C22H32O2Si. The molecule has 0 bridgehead atoms. The van der Waals surface area contributed by atoms with Crippen molar-refractivity contribution in [2.75, 3.05) is 0 Å². The summed E-state index contributed by atoms with van der Waals surface area (Å²) >= 11 is 0. The highest BCUT2D eigenvalue weighted by Gasteiger charge is 2.39. The van der Waals surface area contributed by atoms with Crippen LogP contribution >= 0.6 is 0 Å². The minimum Gasteiger partial charge on any atom is -0.387 e. The summed E-state index contributed by atoms with van der Waals surface area (Å²) in [5.41, 5.74) is 2.50. The summed E-state index contributed by atoms with van der Waals surface area (Å²) in [5.74, 6) is 0. The van der Waals surface area contributed by atoms with Gasteiger partial charge in [0.1, 0.15) is 0 Å². The van der Waals surface area contributed by atoms with Crippen molar-refractivity contribution in [3.63, 3.8) is 0 Å². The van der Waals surface area contributed by atoms with Gasteiger partial charge in [0, 0.05) is 0 Å². The second-order valence-electron chi connectivity index (χ2n) is 6.47. The minimum absolute atomic E-state index is 0.112. The van der Waals surface area contributed by atoms with E-state index in [1.165, 1.54) is 11.1 Å². The second kappa shape index (κ2) is 9.90. The first kappa shape index (κ1) is 19.9. The van der Waals surface area contributed by atoms with Crippen molar-refractivity contribution < 1.29 is 8.85 Å². The molecule has 2 atom stereocenters. The summed E-state index contributed by atoms with van der Waals surface area (Å²) in [6.45, 7) is 8.81. The Bertz CT molecular complexity index is 544. The van der Waals surface area contributed by atoms with E-state index in [1.54, 1.807) is 0 Å². The summed E-state index contributed by atoms with van der Waals surface area (Å²) in [7, 11) is -2.28. The van der Waals surface area contributed by atoms with Crippen molar-refractivity contribution in [2.45, 2.75) is 64.8 Å². The molecule has 0 saturated heterocycles. The van der Waals surface area contributed by atoms with Crippen molar-refractivity contribution in [2.24, 2.45) is 0 Å². The van der Waals surface area contributed by atoms with Crippen molar-refractivity contribution >= 4 is 8.56 Å². The summed E-state index contributed by atoms with van der Waals surface area (Å²) in [4.78, 5) is 0. The van der Waals surface area contributed by atoms with Crippen LogP contribution in [0.2, 0.25) is 12.1 Å². The van der Waals surface area contributed by atoms with Crippen LogP contribution in [0.1, 0.15) is 63.9 Å². The van der Waals surface area contributed by atoms with Crippen LogP contribution in [0, 0.1) is 0 Å². The number of rotatable bonds is 10. The highest BCUT2D eigenvalue weighted by Crippen LogP contribution is 2.35. The van der Waals surface area contributed by atoms with Crippen molar-refractivity contribution in [3.8, 4) is 0 Å². The van der Waals surface area contributed by atoms with Gasteiger partial charge in [-0.25, -0.2) is 0 Å². The molecule has 25 heavy (non-hydrogen) atoms. The zero-order chi connectivity index (χ0) is 18.1. The molecular weight excluding hydrogens is 324 g/mol. The van der Waals surface area contributed by atoms with E-state index in [0.29, 0.717) is 0 Å². The van der Waals surface area contributed by atoms with E-state index < -0.39 is 8.56 Å². The Kier molecular flexibility index (Phi) is 7.88. The molecule has 0 aliphatic rings. The Morgan fingerprint density at radius 1 is 0.640 bits per heavy atom. The quantitative estimate of drug-likeness (QED) is 0.436. The van der Waals surface area contributed by atoms with Gasteiger partial charge in [-0.1, -0.05) is 88.4 Å². The first-order chi connectivity index (χ1) is 12.2. The summed E-state index contributed by atoms with van der Waals surface area (Å²) in [6, 6.07) is 23.0. The van der Waals surface area contributed by atoms with Crippen LogP contribution in [0.5, 0.6) is 0 Å². The normalized spacial score (nSPS) is 14.2. The van der Waals surface area contributed by atoms with Gasteiger partial charge >= 0.3 is 8.56 Å². The zero-order valence-corrected chi connectivity index (χ0v) is 17.1. The fourth-order valence-electron chi connectivity index (χ4n) is 3.24. The molecule has 0 radical (unpaired) electrons. The van der Waals surface area contributed by atoms with E-state index in [2.05, 4.69) is 88.4 Å². The lowest BCUT2D eigenvalue weighted by Gasteiger charge is -2.36. The molecule has 0 saturated carbocycles. The SMILES string of the molecule is CCC(O[Si](CC)(CC)OC(CC)c1ccccc1)c1ccccc1. The van der Waals surface area contributed by atoms with Crippen LogP contribution in [0.25, 0.3) is 0 Å². The van der Waals surface area contributed by atoms with Gasteiger partial charge in [-0.15, -0.1) is 0 Å². The van der Waals surface area contributed by atoms with Gasteiger partial charge in [-0.05, 0) is 36.1 Å². The van der Waals surface area contributed by atoms with Gasteiger partial charge in [0.05, 0.1) is 12.2 Å². The van der Waals surface area contributed by atoms with E-state index in [0.717, 1.165) is 24.9 Å². The molecule has 0 heterocycles. The van der Waals surface area contributed by atoms with Crippen LogP contribution in [0.4, 0.5) is 0 Å². The third-order valence-corrected chi connectivity index (χ3v) is 8.46. The van der Waals surface area contributed by atoms with Crippen LogP contribution in [0.3, 0.4) is 0 Å². The van der Waals surface area contributed by atoms with Crippen LogP contribution in [0.15, 0.2) is 60.7 Å². The summed E-state index contributed by atoms with van der Waals surface area (Å²) in [5, 5.41) is 0. The molecule has 136 valence electrons. The fourth-order valence-corrected chi connectivity index (χ4v) is 6.10. The number of hydrogen-bond acceptors (Lipinski definition) is 2.